The average molecular weight is 291 g/mol. The Hall–Kier alpha value is -2.24. The SMILES string of the molecule is O=C(O)C1CCCN(C(=O)Cc2ccc3c(c2)OCO3)C1. The molecule has 6 nitrogen and oxygen atoms in total. The molecule has 3 rings (SSSR count). The molecule has 2 heterocycles. The van der Waals surface area contributed by atoms with Gasteiger partial charge in [0.25, 0.3) is 0 Å². The lowest BCUT2D eigenvalue weighted by Crippen LogP contribution is -2.42. The van der Waals surface area contributed by atoms with E-state index in [4.69, 9.17) is 14.6 Å². The summed E-state index contributed by atoms with van der Waals surface area (Å²) in [6.45, 7) is 1.14. The van der Waals surface area contributed by atoms with Crippen molar-refractivity contribution >= 4 is 11.9 Å². The number of amides is 1. The minimum absolute atomic E-state index is 0.0418. The number of nitrogens with zero attached hydrogens (tertiary/aromatic N) is 1. The maximum atomic E-state index is 12.3. The summed E-state index contributed by atoms with van der Waals surface area (Å²) < 4.78 is 10.5. The zero-order chi connectivity index (χ0) is 14.8. The van der Waals surface area contributed by atoms with Gasteiger partial charge >= 0.3 is 5.97 Å². The summed E-state index contributed by atoms with van der Waals surface area (Å²) in [6.07, 6.45) is 1.63. The smallest absolute Gasteiger partial charge is 0.308 e. The Kier molecular flexibility index (Phi) is 3.68. The van der Waals surface area contributed by atoms with Gasteiger partial charge in [-0.3, -0.25) is 9.59 Å². The molecule has 1 aromatic carbocycles. The molecule has 1 amide bonds. The fraction of sp³-hybridized carbons (Fsp3) is 0.467. The van der Waals surface area contributed by atoms with Crippen LogP contribution in [-0.2, 0) is 16.0 Å². The number of likely N-dealkylation sites (tertiary alicyclic amines) is 1. The number of hydrogen-bond donors (Lipinski definition) is 1. The number of fused-ring (bicyclic) bond motifs is 1. The fourth-order valence-electron chi connectivity index (χ4n) is 2.74. The largest absolute Gasteiger partial charge is 0.481 e. The highest BCUT2D eigenvalue weighted by molar-refractivity contribution is 5.80. The number of carbonyl (C=O) groups is 2. The Labute approximate surface area is 122 Å². The molecular weight excluding hydrogens is 274 g/mol. The normalized spacial score (nSPS) is 20.4. The summed E-state index contributed by atoms with van der Waals surface area (Å²) in [7, 11) is 0. The van der Waals surface area contributed by atoms with Crippen LogP contribution < -0.4 is 9.47 Å². The Morgan fingerprint density at radius 1 is 1.29 bits per heavy atom. The summed E-state index contributed by atoms with van der Waals surface area (Å²) in [5.41, 5.74) is 0.849. The second kappa shape index (κ2) is 5.63. The molecule has 0 radical (unpaired) electrons. The van der Waals surface area contributed by atoms with Crippen molar-refractivity contribution in [3.05, 3.63) is 23.8 Å². The number of piperidine rings is 1. The molecule has 2 aliphatic rings. The summed E-state index contributed by atoms with van der Waals surface area (Å²) in [6, 6.07) is 5.43. The van der Waals surface area contributed by atoms with E-state index in [2.05, 4.69) is 0 Å². The maximum Gasteiger partial charge on any atom is 0.308 e. The van der Waals surface area contributed by atoms with E-state index in [9.17, 15) is 9.59 Å². The van der Waals surface area contributed by atoms with Crippen LogP contribution in [0.5, 0.6) is 11.5 Å². The first kappa shape index (κ1) is 13.7. The van der Waals surface area contributed by atoms with Crippen molar-refractivity contribution < 1.29 is 24.2 Å². The van der Waals surface area contributed by atoms with Gasteiger partial charge in [0.15, 0.2) is 11.5 Å². The molecule has 1 N–H and O–H groups in total. The molecule has 1 fully saturated rings. The van der Waals surface area contributed by atoms with Crippen LogP contribution in [0.25, 0.3) is 0 Å². The van der Waals surface area contributed by atoms with Gasteiger partial charge in [-0.2, -0.15) is 0 Å². The standard InChI is InChI=1S/C15H17NO5/c17-14(16-5-1-2-11(8-16)15(18)19)7-10-3-4-12-13(6-10)21-9-20-12/h3-4,6,11H,1-2,5,7-9H2,(H,18,19). The number of aliphatic carboxylic acids is 1. The molecule has 1 saturated heterocycles. The lowest BCUT2D eigenvalue weighted by Gasteiger charge is -2.30. The van der Waals surface area contributed by atoms with Crippen LogP contribution >= 0.6 is 0 Å². The van der Waals surface area contributed by atoms with Crippen LogP contribution in [0.4, 0.5) is 0 Å². The molecule has 112 valence electrons. The number of carboxylic acids is 1. The first-order chi connectivity index (χ1) is 10.1. The zero-order valence-electron chi connectivity index (χ0n) is 11.6. The van der Waals surface area contributed by atoms with E-state index in [0.29, 0.717) is 31.0 Å². The minimum atomic E-state index is -0.824. The van der Waals surface area contributed by atoms with Crippen molar-refractivity contribution in [3.8, 4) is 11.5 Å². The van der Waals surface area contributed by atoms with Gasteiger partial charge in [0.1, 0.15) is 0 Å². The Bertz CT molecular complexity index is 571. The molecule has 0 spiro atoms. The second-order valence-corrected chi connectivity index (χ2v) is 5.38. The van der Waals surface area contributed by atoms with E-state index in [1.807, 2.05) is 6.07 Å². The van der Waals surface area contributed by atoms with Crippen molar-refractivity contribution in [2.45, 2.75) is 19.3 Å². The van der Waals surface area contributed by atoms with Crippen LogP contribution in [0, 0.1) is 5.92 Å². The summed E-state index contributed by atoms with van der Waals surface area (Å²) in [5.74, 6) is 0.0346. The van der Waals surface area contributed by atoms with Gasteiger partial charge in [0.05, 0.1) is 12.3 Å². The highest BCUT2D eigenvalue weighted by Crippen LogP contribution is 2.32. The average Bonchev–Trinajstić information content (AvgIpc) is 2.95. The van der Waals surface area contributed by atoms with Crippen molar-refractivity contribution in [2.24, 2.45) is 5.92 Å². The topological polar surface area (TPSA) is 76.1 Å². The summed E-state index contributed by atoms with van der Waals surface area (Å²) in [4.78, 5) is 25.0. The predicted molar refractivity (Wildman–Crippen MR) is 73.2 cm³/mol. The van der Waals surface area contributed by atoms with Crippen LogP contribution in [-0.4, -0.2) is 41.8 Å². The van der Waals surface area contributed by atoms with Crippen molar-refractivity contribution in [3.63, 3.8) is 0 Å². The molecule has 0 aliphatic carbocycles. The number of ether oxygens (including phenoxy) is 2. The van der Waals surface area contributed by atoms with Crippen LogP contribution in [0.1, 0.15) is 18.4 Å². The van der Waals surface area contributed by atoms with Gasteiger partial charge in [-0.25, -0.2) is 0 Å². The predicted octanol–water partition coefficient (Wildman–Crippen LogP) is 1.28. The molecular formula is C15H17NO5. The third-order valence-corrected chi connectivity index (χ3v) is 3.92. The number of carbonyl (C=O) groups excluding carboxylic acids is 1. The van der Waals surface area contributed by atoms with E-state index in [1.54, 1.807) is 17.0 Å². The van der Waals surface area contributed by atoms with E-state index in [0.717, 1.165) is 12.0 Å². The van der Waals surface area contributed by atoms with Crippen molar-refractivity contribution in [1.82, 2.24) is 4.90 Å². The third kappa shape index (κ3) is 2.94. The van der Waals surface area contributed by atoms with Gasteiger partial charge in [0.2, 0.25) is 12.7 Å². The Balaban J connectivity index is 1.64. The van der Waals surface area contributed by atoms with E-state index < -0.39 is 11.9 Å². The maximum absolute atomic E-state index is 12.3. The molecule has 0 bridgehead atoms. The molecule has 0 saturated carbocycles. The van der Waals surface area contributed by atoms with Crippen molar-refractivity contribution in [2.75, 3.05) is 19.9 Å². The highest BCUT2D eigenvalue weighted by Gasteiger charge is 2.28. The second-order valence-electron chi connectivity index (χ2n) is 5.38. The molecule has 1 unspecified atom stereocenters. The highest BCUT2D eigenvalue weighted by atomic mass is 16.7. The van der Waals surface area contributed by atoms with E-state index in [1.165, 1.54) is 0 Å². The molecule has 2 aliphatic heterocycles. The molecule has 21 heavy (non-hydrogen) atoms. The Morgan fingerprint density at radius 2 is 2.10 bits per heavy atom. The van der Waals surface area contributed by atoms with Gasteiger partial charge in [0, 0.05) is 13.1 Å². The number of hydrogen-bond acceptors (Lipinski definition) is 4. The summed E-state index contributed by atoms with van der Waals surface area (Å²) in [5, 5.41) is 9.06. The van der Waals surface area contributed by atoms with E-state index in [-0.39, 0.29) is 19.1 Å². The molecule has 1 atom stereocenters. The first-order valence-electron chi connectivity index (χ1n) is 7.02. The van der Waals surface area contributed by atoms with Crippen molar-refractivity contribution in [1.29, 1.82) is 0 Å². The minimum Gasteiger partial charge on any atom is -0.481 e. The molecule has 1 aromatic rings. The third-order valence-electron chi connectivity index (χ3n) is 3.92. The van der Waals surface area contributed by atoms with E-state index >= 15 is 0 Å². The van der Waals surface area contributed by atoms with Gasteiger partial charge in [-0.05, 0) is 30.5 Å². The zero-order valence-corrected chi connectivity index (χ0v) is 11.6. The van der Waals surface area contributed by atoms with Crippen LogP contribution in [0.2, 0.25) is 0 Å². The molecule has 6 heteroatoms. The fourth-order valence-corrected chi connectivity index (χ4v) is 2.74. The van der Waals surface area contributed by atoms with Crippen LogP contribution in [0.15, 0.2) is 18.2 Å². The summed E-state index contributed by atoms with van der Waals surface area (Å²) >= 11 is 0. The van der Waals surface area contributed by atoms with Gasteiger partial charge in [-0.15, -0.1) is 0 Å². The number of benzene rings is 1. The van der Waals surface area contributed by atoms with Gasteiger partial charge in [-0.1, -0.05) is 6.07 Å². The number of carboxylic acid groups (broad SMARTS) is 1. The molecule has 0 aromatic heterocycles. The Morgan fingerprint density at radius 3 is 2.90 bits per heavy atom. The van der Waals surface area contributed by atoms with Crippen LogP contribution in [0.3, 0.4) is 0 Å². The number of rotatable bonds is 3. The first-order valence-corrected chi connectivity index (χ1v) is 7.02. The van der Waals surface area contributed by atoms with Gasteiger partial charge < -0.3 is 19.5 Å². The quantitative estimate of drug-likeness (QED) is 0.908. The monoisotopic (exact) mass is 291 g/mol. The lowest BCUT2D eigenvalue weighted by molar-refractivity contribution is -0.145. The lowest BCUT2D eigenvalue weighted by atomic mass is 9.97.